The van der Waals surface area contributed by atoms with Gasteiger partial charge in [-0.1, -0.05) is 18.2 Å². The maximum absolute atomic E-state index is 12.7. The Kier molecular flexibility index (Phi) is 4.86. The molecule has 1 aliphatic rings. The molecule has 124 valence electrons. The molecule has 1 saturated heterocycles. The number of hydrogen-bond donors (Lipinski definition) is 1. The minimum Gasteiger partial charge on any atom is -0.378 e. The number of nitrogens with zero attached hydrogens (tertiary/aromatic N) is 2. The SMILES string of the molecule is Cc1cccc(C(=O)Nc2ccccc2C(=O)N2CCOCC2)n1. The van der Waals surface area contributed by atoms with E-state index in [1.165, 1.54) is 0 Å². The summed E-state index contributed by atoms with van der Waals surface area (Å²) in [4.78, 5) is 31.0. The minimum atomic E-state index is -0.332. The average Bonchev–Trinajstić information content (AvgIpc) is 2.62. The van der Waals surface area contributed by atoms with E-state index in [9.17, 15) is 9.59 Å². The zero-order chi connectivity index (χ0) is 16.9. The summed E-state index contributed by atoms with van der Waals surface area (Å²) in [5.41, 5.74) is 2.05. The van der Waals surface area contributed by atoms with Gasteiger partial charge in [0.1, 0.15) is 5.69 Å². The smallest absolute Gasteiger partial charge is 0.274 e. The third kappa shape index (κ3) is 3.60. The van der Waals surface area contributed by atoms with Crippen molar-refractivity contribution in [3.63, 3.8) is 0 Å². The molecule has 2 aromatic rings. The Morgan fingerprint density at radius 1 is 1.08 bits per heavy atom. The van der Waals surface area contributed by atoms with E-state index in [1.807, 2.05) is 13.0 Å². The Bertz CT molecular complexity index is 755. The van der Waals surface area contributed by atoms with Crippen LogP contribution in [0.4, 0.5) is 5.69 Å². The molecule has 0 unspecified atom stereocenters. The van der Waals surface area contributed by atoms with E-state index in [1.54, 1.807) is 41.3 Å². The van der Waals surface area contributed by atoms with E-state index in [4.69, 9.17) is 4.74 Å². The number of hydrogen-bond acceptors (Lipinski definition) is 4. The molecule has 1 aromatic heterocycles. The fourth-order valence-corrected chi connectivity index (χ4v) is 2.57. The predicted molar refractivity (Wildman–Crippen MR) is 90.1 cm³/mol. The van der Waals surface area contributed by atoms with Crippen LogP contribution in [0.5, 0.6) is 0 Å². The fraction of sp³-hybridized carbons (Fsp3) is 0.278. The maximum atomic E-state index is 12.7. The Morgan fingerprint density at radius 3 is 2.58 bits per heavy atom. The van der Waals surface area contributed by atoms with Crippen LogP contribution < -0.4 is 5.32 Å². The molecule has 1 N–H and O–H groups in total. The largest absolute Gasteiger partial charge is 0.378 e. The van der Waals surface area contributed by atoms with Gasteiger partial charge < -0.3 is 15.0 Å². The van der Waals surface area contributed by atoms with Crippen LogP contribution in [0.25, 0.3) is 0 Å². The predicted octanol–water partition coefficient (Wildman–Crippen LogP) is 2.11. The van der Waals surface area contributed by atoms with Crippen LogP contribution in [-0.2, 0) is 4.74 Å². The van der Waals surface area contributed by atoms with Crippen LogP contribution in [-0.4, -0.2) is 48.0 Å². The molecule has 1 aromatic carbocycles. The van der Waals surface area contributed by atoms with Crippen LogP contribution in [0.15, 0.2) is 42.5 Å². The molecule has 2 heterocycles. The van der Waals surface area contributed by atoms with Gasteiger partial charge in [-0.05, 0) is 31.2 Å². The first-order valence-corrected chi connectivity index (χ1v) is 7.86. The lowest BCUT2D eigenvalue weighted by Crippen LogP contribution is -2.41. The molecule has 2 amide bonds. The summed E-state index contributed by atoms with van der Waals surface area (Å²) in [6.45, 7) is 4.01. The molecule has 3 rings (SSSR count). The highest BCUT2D eigenvalue weighted by molar-refractivity contribution is 6.08. The number of rotatable bonds is 3. The van der Waals surface area contributed by atoms with Crippen molar-refractivity contribution < 1.29 is 14.3 Å². The Hall–Kier alpha value is -2.73. The van der Waals surface area contributed by atoms with Crippen LogP contribution in [0.2, 0.25) is 0 Å². The van der Waals surface area contributed by atoms with Gasteiger partial charge in [0.25, 0.3) is 11.8 Å². The second-order valence-corrected chi connectivity index (χ2v) is 5.57. The summed E-state index contributed by atoms with van der Waals surface area (Å²) in [5.74, 6) is -0.438. The average molecular weight is 325 g/mol. The number of anilines is 1. The van der Waals surface area contributed by atoms with Crippen molar-refractivity contribution in [3.05, 3.63) is 59.4 Å². The number of morpholine rings is 1. The topological polar surface area (TPSA) is 71.5 Å². The lowest BCUT2D eigenvalue weighted by atomic mass is 10.1. The van der Waals surface area contributed by atoms with Gasteiger partial charge in [-0.2, -0.15) is 0 Å². The number of pyridine rings is 1. The number of aryl methyl sites for hydroxylation is 1. The van der Waals surface area contributed by atoms with E-state index in [0.29, 0.717) is 43.2 Å². The van der Waals surface area contributed by atoms with Gasteiger partial charge in [-0.25, -0.2) is 4.98 Å². The van der Waals surface area contributed by atoms with Crippen molar-refractivity contribution in [3.8, 4) is 0 Å². The Balaban J connectivity index is 1.81. The molecule has 24 heavy (non-hydrogen) atoms. The van der Waals surface area contributed by atoms with E-state index in [2.05, 4.69) is 10.3 Å². The van der Waals surface area contributed by atoms with Crippen molar-refractivity contribution in [1.29, 1.82) is 0 Å². The second kappa shape index (κ2) is 7.23. The van der Waals surface area contributed by atoms with E-state index < -0.39 is 0 Å². The maximum Gasteiger partial charge on any atom is 0.274 e. The van der Waals surface area contributed by atoms with Crippen molar-refractivity contribution >= 4 is 17.5 Å². The lowest BCUT2D eigenvalue weighted by Gasteiger charge is -2.27. The van der Waals surface area contributed by atoms with Gasteiger partial charge >= 0.3 is 0 Å². The number of nitrogens with one attached hydrogen (secondary N) is 1. The first-order valence-electron chi connectivity index (χ1n) is 7.86. The zero-order valence-corrected chi connectivity index (χ0v) is 13.5. The van der Waals surface area contributed by atoms with Gasteiger partial charge in [0.05, 0.1) is 24.5 Å². The third-order valence-corrected chi connectivity index (χ3v) is 3.82. The standard InChI is InChI=1S/C18H19N3O3/c1-13-5-4-8-16(19-13)17(22)20-15-7-3-2-6-14(15)18(23)21-9-11-24-12-10-21/h2-8H,9-12H2,1H3,(H,20,22). The molecule has 1 fully saturated rings. The van der Waals surface area contributed by atoms with Gasteiger partial charge in [0.15, 0.2) is 0 Å². The molecule has 0 saturated carbocycles. The van der Waals surface area contributed by atoms with Crippen molar-refractivity contribution in [2.24, 2.45) is 0 Å². The van der Waals surface area contributed by atoms with E-state index in [-0.39, 0.29) is 11.8 Å². The van der Waals surface area contributed by atoms with Gasteiger partial charge in [-0.3, -0.25) is 9.59 Å². The van der Waals surface area contributed by atoms with Crippen LogP contribution >= 0.6 is 0 Å². The normalized spacial score (nSPS) is 14.3. The van der Waals surface area contributed by atoms with Crippen molar-refractivity contribution in [1.82, 2.24) is 9.88 Å². The number of carbonyl (C=O) groups excluding carboxylic acids is 2. The highest BCUT2D eigenvalue weighted by atomic mass is 16.5. The summed E-state index contributed by atoms with van der Waals surface area (Å²) in [6, 6.07) is 12.3. The first-order chi connectivity index (χ1) is 11.6. The lowest BCUT2D eigenvalue weighted by molar-refractivity contribution is 0.0303. The molecule has 6 heteroatoms. The molecule has 0 spiro atoms. The number of ether oxygens (including phenoxy) is 1. The monoisotopic (exact) mass is 325 g/mol. The van der Waals surface area contributed by atoms with Crippen molar-refractivity contribution in [2.75, 3.05) is 31.6 Å². The number of aromatic nitrogens is 1. The summed E-state index contributed by atoms with van der Waals surface area (Å²) in [5, 5.41) is 2.79. The number of para-hydroxylation sites is 1. The summed E-state index contributed by atoms with van der Waals surface area (Å²) in [6.07, 6.45) is 0. The number of benzene rings is 1. The second-order valence-electron chi connectivity index (χ2n) is 5.57. The summed E-state index contributed by atoms with van der Waals surface area (Å²) >= 11 is 0. The van der Waals surface area contributed by atoms with Crippen LogP contribution in [0, 0.1) is 6.92 Å². The van der Waals surface area contributed by atoms with E-state index in [0.717, 1.165) is 5.69 Å². The molecule has 1 aliphatic heterocycles. The molecular formula is C18H19N3O3. The summed E-state index contributed by atoms with van der Waals surface area (Å²) in [7, 11) is 0. The molecule has 0 aliphatic carbocycles. The van der Waals surface area contributed by atoms with Crippen LogP contribution in [0.3, 0.4) is 0 Å². The highest BCUT2D eigenvalue weighted by Crippen LogP contribution is 2.19. The number of carbonyl (C=O) groups is 2. The third-order valence-electron chi connectivity index (χ3n) is 3.82. The molecule has 0 bridgehead atoms. The van der Waals surface area contributed by atoms with Gasteiger partial charge in [-0.15, -0.1) is 0 Å². The van der Waals surface area contributed by atoms with Crippen LogP contribution in [0.1, 0.15) is 26.5 Å². The van der Waals surface area contributed by atoms with Crippen molar-refractivity contribution in [2.45, 2.75) is 6.92 Å². The first kappa shape index (κ1) is 16.1. The summed E-state index contributed by atoms with van der Waals surface area (Å²) < 4.78 is 5.28. The number of amides is 2. The fourth-order valence-electron chi connectivity index (χ4n) is 2.57. The van der Waals surface area contributed by atoms with E-state index >= 15 is 0 Å². The molecule has 0 atom stereocenters. The highest BCUT2D eigenvalue weighted by Gasteiger charge is 2.21. The molecule has 6 nitrogen and oxygen atoms in total. The quantitative estimate of drug-likeness (QED) is 0.938. The minimum absolute atomic E-state index is 0.105. The zero-order valence-electron chi connectivity index (χ0n) is 13.5. The Labute approximate surface area is 140 Å². The molecule has 0 radical (unpaired) electrons. The van der Waals surface area contributed by atoms with Gasteiger partial charge in [0, 0.05) is 18.8 Å². The Morgan fingerprint density at radius 2 is 1.83 bits per heavy atom. The van der Waals surface area contributed by atoms with Gasteiger partial charge in [0.2, 0.25) is 0 Å². The molecular weight excluding hydrogens is 306 g/mol.